The smallest absolute Gasteiger partial charge is 0.306 e. The zero-order valence-electron chi connectivity index (χ0n) is 6.61. The molecule has 0 bridgehead atoms. The van der Waals surface area contributed by atoms with E-state index < -0.39 is 11.5 Å². The number of rotatable bonds is 4. The molecule has 1 radical (unpaired) electrons. The number of nitrogens with zero attached hydrogens (tertiary/aromatic N) is 1. The van der Waals surface area contributed by atoms with Crippen molar-refractivity contribution >= 4 is 5.97 Å². The van der Waals surface area contributed by atoms with Crippen molar-refractivity contribution < 1.29 is 14.6 Å². The van der Waals surface area contributed by atoms with Crippen LogP contribution in [-0.4, -0.2) is 27.7 Å². The molecule has 0 amide bonds. The van der Waals surface area contributed by atoms with Gasteiger partial charge in [-0.1, -0.05) is 0 Å². The molecule has 0 fully saturated rings. The van der Waals surface area contributed by atoms with E-state index in [4.69, 9.17) is 9.84 Å². The lowest BCUT2D eigenvalue weighted by Crippen LogP contribution is -2.13. The number of hydrogen-bond donors (Lipinski definition) is 2. The molecule has 0 aliphatic rings. The van der Waals surface area contributed by atoms with E-state index in [1.165, 1.54) is 6.20 Å². The topological polar surface area (TPSA) is 92.3 Å². The van der Waals surface area contributed by atoms with Crippen LogP contribution in [0.25, 0.3) is 0 Å². The molecule has 6 nitrogen and oxygen atoms in total. The van der Waals surface area contributed by atoms with Crippen LogP contribution in [0.4, 0.5) is 0 Å². The summed E-state index contributed by atoms with van der Waals surface area (Å²) in [4.78, 5) is 26.6. The molecule has 0 aliphatic carbocycles. The van der Waals surface area contributed by atoms with Gasteiger partial charge >= 0.3 is 5.97 Å². The van der Waals surface area contributed by atoms with Gasteiger partial charge in [0.15, 0.2) is 6.33 Å². The van der Waals surface area contributed by atoms with Gasteiger partial charge in [0.25, 0.3) is 5.56 Å². The summed E-state index contributed by atoms with van der Waals surface area (Å²) in [5.74, 6) is -0.980. The van der Waals surface area contributed by atoms with E-state index >= 15 is 0 Å². The summed E-state index contributed by atoms with van der Waals surface area (Å²) in [7, 11) is 0. The minimum Gasteiger partial charge on any atom is -0.486 e. The molecule has 0 atom stereocenters. The average Bonchev–Trinajstić information content (AvgIpc) is 2.08. The molecule has 6 heteroatoms. The average molecular weight is 183 g/mol. The van der Waals surface area contributed by atoms with Crippen molar-refractivity contribution in [2.24, 2.45) is 0 Å². The monoisotopic (exact) mass is 183 g/mol. The van der Waals surface area contributed by atoms with Gasteiger partial charge in [0.2, 0.25) is 5.75 Å². The number of aromatic amines is 1. The number of aromatic nitrogens is 2. The van der Waals surface area contributed by atoms with Gasteiger partial charge in [-0.15, -0.1) is 0 Å². The molecule has 0 saturated heterocycles. The summed E-state index contributed by atoms with van der Waals surface area (Å²) < 4.78 is 4.84. The molecule has 69 valence electrons. The Morgan fingerprint density at radius 2 is 2.54 bits per heavy atom. The van der Waals surface area contributed by atoms with E-state index in [9.17, 15) is 9.59 Å². The van der Waals surface area contributed by atoms with E-state index in [-0.39, 0.29) is 18.8 Å². The maximum Gasteiger partial charge on any atom is 0.306 e. The van der Waals surface area contributed by atoms with Gasteiger partial charge in [-0.05, 0) is 0 Å². The van der Waals surface area contributed by atoms with E-state index in [1.54, 1.807) is 0 Å². The highest BCUT2D eigenvalue weighted by Crippen LogP contribution is 1.97. The minimum atomic E-state index is -0.980. The third kappa shape index (κ3) is 2.94. The van der Waals surface area contributed by atoms with Crippen LogP contribution in [-0.2, 0) is 4.79 Å². The Morgan fingerprint density at radius 1 is 1.77 bits per heavy atom. The molecular weight excluding hydrogens is 176 g/mol. The van der Waals surface area contributed by atoms with Crippen LogP contribution in [0.2, 0.25) is 0 Å². The Hall–Kier alpha value is -1.85. The second-order valence-corrected chi connectivity index (χ2v) is 2.18. The van der Waals surface area contributed by atoms with Crippen LogP contribution >= 0.6 is 0 Å². The largest absolute Gasteiger partial charge is 0.486 e. The van der Waals surface area contributed by atoms with Crippen LogP contribution in [0.1, 0.15) is 6.42 Å². The molecule has 0 unspecified atom stereocenters. The summed E-state index contributed by atoms with van der Waals surface area (Å²) >= 11 is 0. The second-order valence-electron chi connectivity index (χ2n) is 2.18. The van der Waals surface area contributed by atoms with Crippen molar-refractivity contribution in [1.82, 2.24) is 9.97 Å². The van der Waals surface area contributed by atoms with Crippen LogP contribution in [0, 0.1) is 6.33 Å². The summed E-state index contributed by atoms with van der Waals surface area (Å²) in [5, 5.41) is 8.27. The molecule has 2 N–H and O–H groups in total. The van der Waals surface area contributed by atoms with Gasteiger partial charge < -0.3 is 14.8 Å². The van der Waals surface area contributed by atoms with E-state index in [0.29, 0.717) is 0 Å². The summed E-state index contributed by atoms with van der Waals surface area (Å²) in [5.41, 5.74) is -0.472. The van der Waals surface area contributed by atoms with Crippen molar-refractivity contribution in [2.45, 2.75) is 6.42 Å². The molecule has 1 aromatic rings. The number of nitrogens with one attached hydrogen (secondary N) is 1. The first-order chi connectivity index (χ1) is 6.20. The van der Waals surface area contributed by atoms with Gasteiger partial charge in [0.05, 0.1) is 19.2 Å². The van der Waals surface area contributed by atoms with Crippen molar-refractivity contribution in [2.75, 3.05) is 6.61 Å². The fraction of sp³-hybridized carbons (Fsp3) is 0.286. The van der Waals surface area contributed by atoms with Gasteiger partial charge in [0, 0.05) is 0 Å². The van der Waals surface area contributed by atoms with Gasteiger partial charge in [-0.2, -0.15) is 0 Å². The molecular formula is C7H7N2O4. The molecule has 0 aromatic carbocycles. The fourth-order valence-electron chi connectivity index (χ4n) is 0.645. The van der Waals surface area contributed by atoms with Crippen molar-refractivity contribution in [3.63, 3.8) is 0 Å². The number of carbonyl (C=O) groups is 1. The van der Waals surface area contributed by atoms with Crippen LogP contribution in [0.5, 0.6) is 5.75 Å². The number of H-pyrrole nitrogens is 1. The Kier molecular flexibility index (Phi) is 3.02. The maximum atomic E-state index is 10.9. The third-order valence-electron chi connectivity index (χ3n) is 1.21. The molecule has 1 rings (SSSR count). The lowest BCUT2D eigenvalue weighted by Gasteiger charge is -2.00. The highest BCUT2D eigenvalue weighted by Gasteiger charge is 2.01. The predicted octanol–water partition coefficient (Wildman–Crippen LogP) is -0.576. The lowest BCUT2D eigenvalue weighted by molar-refractivity contribution is -0.137. The SMILES string of the molecule is O=C(O)CCOc1cn[c][nH]c1=O. The number of aliphatic carboxylic acids is 1. The van der Waals surface area contributed by atoms with Crippen LogP contribution < -0.4 is 10.3 Å². The number of carboxylic acids is 1. The summed E-state index contributed by atoms with van der Waals surface area (Å²) in [6, 6.07) is 0. The third-order valence-corrected chi connectivity index (χ3v) is 1.21. The number of hydrogen-bond acceptors (Lipinski definition) is 4. The molecule has 0 spiro atoms. The minimum absolute atomic E-state index is 0. The molecule has 0 aliphatic heterocycles. The van der Waals surface area contributed by atoms with Crippen molar-refractivity contribution in [3.05, 3.63) is 22.9 Å². The Labute approximate surface area is 73.2 Å². The molecule has 0 saturated carbocycles. The van der Waals surface area contributed by atoms with Gasteiger partial charge in [-0.3, -0.25) is 9.59 Å². The Balaban J connectivity index is 2.50. The van der Waals surface area contributed by atoms with E-state index in [2.05, 4.69) is 16.3 Å². The second kappa shape index (κ2) is 4.24. The first-order valence-electron chi connectivity index (χ1n) is 3.50. The zero-order valence-corrected chi connectivity index (χ0v) is 6.61. The summed E-state index contributed by atoms with van der Waals surface area (Å²) in [6.45, 7) is -0.0515. The fourth-order valence-corrected chi connectivity index (χ4v) is 0.645. The summed E-state index contributed by atoms with van der Waals surface area (Å²) in [6.07, 6.45) is 3.24. The zero-order chi connectivity index (χ0) is 9.68. The quantitative estimate of drug-likeness (QED) is 0.651. The van der Waals surface area contributed by atoms with Crippen molar-refractivity contribution in [3.8, 4) is 5.75 Å². The molecule has 13 heavy (non-hydrogen) atoms. The highest BCUT2D eigenvalue weighted by molar-refractivity contribution is 5.66. The maximum absolute atomic E-state index is 10.9. The van der Waals surface area contributed by atoms with Crippen LogP contribution in [0.3, 0.4) is 0 Å². The molecule has 1 heterocycles. The van der Waals surface area contributed by atoms with Crippen LogP contribution in [0.15, 0.2) is 11.0 Å². The van der Waals surface area contributed by atoms with Crippen molar-refractivity contribution in [1.29, 1.82) is 0 Å². The molecule has 1 aromatic heterocycles. The lowest BCUT2D eigenvalue weighted by atomic mass is 10.5. The predicted molar refractivity (Wildman–Crippen MR) is 41.4 cm³/mol. The normalized spacial score (nSPS) is 9.54. The Morgan fingerprint density at radius 3 is 3.15 bits per heavy atom. The van der Waals surface area contributed by atoms with E-state index in [0.717, 1.165) is 0 Å². The highest BCUT2D eigenvalue weighted by atomic mass is 16.5. The first-order valence-corrected chi connectivity index (χ1v) is 3.50. The Bertz CT molecular complexity index is 346. The van der Waals surface area contributed by atoms with E-state index in [1.807, 2.05) is 0 Å². The van der Waals surface area contributed by atoms with Gasteiger partial charge in [-0.25, -0.2) is 4.98 Å². The number of ether oxygens (including phenoxy) is 1. The number of carboxylic acid groups (broad SMARTS) is 1. The van der Waals surface area contributed by atoms with Gasteiger partial charge in [0.1, 0.15) is 0 Å². The first kappa shape index (κ1) is 9.24. The standard InChI is InChI=1S/C7H7N2O4/c10-6(11)1-2-13-5-3-8-4-9-7(5)12/h3H,1-2H2,(H,10,11)(H,8,9,12).